The molecule has 0 unspecified atom stereocenters. The van der Waals surface area contributed by atoms with Crippen molar-refractivity contribution in [1.82, 2.24) is 0 Å². The molecule has 0 aromatic heterocycles. The first-order valence-corrected chi connectivity index (χ1v) is 34.5. The Bertz CT molecular complexity index is 3180. The van der Waals surface area contributed by atoms with Gasteiger partial charge in [-0.15, -0.1) is 0 Å². The molecule has 0 aliphatic carbocycles. The van der Waals surface area contributed by atoms with Crippen molar-refractivity contribution < 1.29 is 27.8 Å². The number of rotatable bonds is 22. The van der Waals surface area contributed by atoms with Gasteiger partial charge >= 0.3 is 0 Å². The second-order valence-corrected chi connectivity index (χ2v) is 33.9. The lowest BCUT2D eigenvalue weighted by atomic mass is 9.80. The summed E-state index contributed by atoms with van der Waals surface area (Å²) >= 11 is 0. The average Bonchev–Trinajstić information content (AvgIpc) is 1.75. The van der Waals surface area contributed by atoms with Crippen LogP contribution in [-0.2, 0) is 39.0 Å². The van der Waals surface area contributed by atoms with E-state index >= 15 is 0 Å². The monoisotopic (exact) mass is 1180 g/mol. The van der Waals surface area contributed by atoms with E-state index in [0.717, 1.165) is 54.1 Å². The standard InChI is InChI=1S/C79H82O6Si2/c1-75(2,3)86(67-51-31-15-32-52-67,68-53-33-16-34-54-68)84-71(59-80-78(61-39-19-9-20-40-61,62-41-21-10-22-42-62)63-43-23-11-24-44-63)73-74(83-77(7,8)82-73)72(85-87(76(4,5)6,69-55-35-17-36-56-69)70-57-37-18-38-58-70)60-81-79(64-45-25-12-26-46-64,65-47-27-13-28-48-65)66-49-29-14-30-50-66/h9-58,71-74H,59-60H2,1-8H3/t71-,72-,73-,74-/m1/s1. The first-order valence-electron chi connectivity index (χ1n) is 30.7. The van der Waals surface area contributed by atoms with Gasteiger partial charge in [0.1, 0.15) is 23.4 Å². The van der Waals surface area contributed by atoms with Crippen LogP contribution in [0.3, 0.4) is 0 Å². The second kappa shape index (κ2) is 26.0. The van der Waals surface area contributed by atoms with Gasteiger partial charge in [0, 0.05) is 0 Å². The quantitative estimate of drug-likeness (QED) is 0.0498. The van der Waals surface area contributed by atoms with Gasteiger partial charge in [0.15, 0.2) is 5.79 Å². The van der Waals surface area contributed by atoms with Crippen LogP contribution < -0.4 is 20.7 Å². The van der Waals surface area contributed by atoms with Crippen molar-refractivity contribution in [1.29, 1.82) is 0 Å². The van der Waals surface area contributed by atoms with Crippen LogP contribution in [0.5, 0.6) is 0 Å². The lowest BCUT2D eigenvalue weighted by molar-refractivity contribution is -0.166. The van der Waals surface area contributed by atoms with Crippen LogP contribution in [0.4, 0.5) is 0 Å². The normalized spacial score (nSPS) is 16.5. The second-order valence-electron chi connectivity index (χ2n) is 25.4. The van der Waals surface area contributed by atoms with Crippen LogP contribution in [0.15, 0.2) is 303 Å². The Morgan fingerprint density at radius 1 is 0.310 bits per heavy atom. The minimum absolute atomic E-state index is 0.0680. The van der Waals surface area contributed by atoms with Crippen molar-refractivity contribution in [3.8, 4) is 0 Å². The highest BCUT2D eigenvalue weighted by molar-refractivity contribution is 7.00. The van der Waals surface area contributed by atoms with Crippen LogP contribution in [0, 0.1) is 0 Å². The van der Waals surface area contributed by atoms with Gasteiger partial charge in [0.2, 0.25) is 0 Å². The van der Waals surface area contributed by atoms with E-state index in [-0.39, 0.29) is 13.2 Å². The Hall–Kier alpha value is -7.61. The molecule has 10 aromatic rings. The maximum absolute atomic E-state index is 8.58. The smallest absolute Gasteiger partial charge is 0.261 e. The van der Waals surface area contributed by atoms with Crippen molar-refractivity contribution in [3.63, 3.8) is 0 Å². The maximum atomic E-state index is 8.58. The minimum atomic E-state index is -3.47. The largest absolute Gasteiger partial charge is 0.399 e. The van der Waals surface area contributed by atoms with E-state index in [0.29, 0.717) is 0 Å². The number of hydrogen-bond acceptors (Lipinski definition) is 6. The molecule has 4 atom stereocenters. The fourth-order valence-corrected chi connectivity index (χ4v) is 22.9. The molecule has 0 spiro atoms. The van der Waals surface area contributed by atoms with Crippen LogP contribution >= 0.6 is 0 Å². The topological polar surface area (TPSA) is 55.4 Å². The van der Waals surface area contributed by atoms with Gasteiger partial charge in [-0.3, -0.25) is 0 Å². The zero-order valence-electron chi connectivity index (χ0n) is 51.5. The molecule has 0 bridgehead atoms. The zero-order chi connectivity index (χ0) is 60.6. The molecule has 6 nitrogen and oxygen atoms in total. The number of ether oxygens (including phenoxy) is 4. The van der Waals surface area contributed by atoms with Gasteiger partial charge in [-0.25, -0.2) is 0 Å². The van der Waals surface area contributed by atoms with E-state index in [4.69, 9.17) is 27.8 Å². The summed E-state index contributed by atoms with van der Waals surface area (Å²) in [6.45, 7) is 18.1. The predicted molar refractivity (Wildman–Crippen MR) is 359 cm³/mol. The molecule has 8 heteroatoms. The summed E-state index contributed by atoms with van der Waals surface area (Å²) in [5, 5.41) is 3.64. The summed E-state index contributed by atoms with van der Waals surface area (Å²) in [6.07, 6.45) is -3.28. The van der Waals surface area contributed by atoms with Gasteiger partial charge in [0.25, 0.3) is 16.6 Å². The molecule has 1 saturated heterocycles. The van der Waals surface area contributed by atoms with Gasteiger partial charge in [-0.2, -0.15) is 0 Å². The Morgan fingerprint density at radius 3 is 0.678 bits per heavy atom. The van der Waals surface area contributed by atoms with Gasteiger partial charge in [-0.05, 0) is 78.1 Å². The van der Waals surface area contributed by atoms with E-state index in [1.165, 1.54) is 0 Å². The highest BCUT2D eigenvalue weighted by Crippen LogP contribution is 2.48. The Kier molecular flexibility index (Phi) is 18.2. The Morgan fingerprint density at radius 2 is 0.494 bits per heavy atom. The lowest BCUT2D eigenvalue weighted by Crippen LogP contribution is -2.71. The summed E-state index contributed by atoms with van der Waals surface area (Å²) in [7, 11) is -6.93. The third-order valence-electron chi connectivity index (χ3n) is 17.4. The van der Waals surface area contributed by atoms with Gasteiger partial charge in [0.05, 0.1) is 25.4 Å². The molecule has 0 N–H and O–H groups in total. The molecule has 1 fully saturated rings. The molecule has 0 radical (unpaired) electrons. The van der Waals surface area contributed by atoms with E-state index in [1.807, 2.05) is 13.8 Å². The summed E-state index contributed by atoms with van der Waals surface area (Å²) in [5.41, 5.74) is 3.64. The van der Waals surface area contributed by atoms with Crippen molar-refractivity contribution in [2.45, 2.75) is 107 Å². The highest BCUT2D eigenvalue weighted by atomic mass is 28.4. The lowest BCUT2D eigenvalue weighted by Gasteiger charge is -2.49. The van der Waals surface area contributed by atoms with Crippen molar-refractivity contribution >= 4 is 37.4 Å². The maximum Gasteiger partial charge on any atom is 0.261 e. The van der Waals surface area contributed by atoms with Crippen LogP contribution in [0.1, 0.15) is 88.8 Å². The molecular formula is C79H82O6Si2. The predicted octanol–water partition coefficient (Wildman–Crippen LogP) is 15.4. The van der Waals surface area contributed by atoms with Crippen molar-refractivity contribution in [2.24, 2.45) is 0 Å². The highest BCUT2D eigenvalue weighted by Gasteiger charge is 2.60. The molecule has 1 heterocycles. The third kappa shape index (κ3) is 12.1. The van der Waals surface area contributed by atoms with Crippen LogP contribution in [0.2, 0.25) is 10.1 Å². The minimum Gasteiger partial charge on any atom is -0.399 e. The SMILES string of the molecule is CC1(C)O[C@H]([C@@H](COC(c2ccccc2)(c2ccccc2)c2ccccc2)O[Si](c2ccccc2)(c2ccccc2)C(C)(C)C)[C@@H]([C@@H](COC(c2ccccc2)(c2ccccc2)c2ccccc2)O[Si](c2ccccc2)(c2ccccc2)C(C)(C)C)O1. The first kappa shape index (κ1) is 61.1. The molecule has 87 heavy (non-hydrogen) atoms. The molecule has 0 amide bonds. The molecule has 1 aliphatic rings. The fourth-order valence-electron chi connectivity index (χ4n) is 13.6. The Labute approximate surface area is 519 Å². The summed E-state index contributed by atoms with van der Waals surface area (Å²) < 4.78 is 48.7. The Balaban J connectivity index is 1.18. The molecule has 10 aromatic carbocycles. The van der Waals surface area contributed by atoms with Gasteiger partial charge in [-0.1, -0.05) is 345 Å². The van der Waals surface area contributed by atoms with Crippen molar-refractivity contribution in [3.05, 3.63) is 337 Å². The summed E-state index contributed by atoms with van der Waals surface area (Å²) in [4.78, 5) is 0. The molecular weight excluding hydrogens is 1100 g/mol. The molecule has 442 valence electrons. The summed E-state index contributed by atoms with van der Waals surface area (Å²) in [6, 6.07) is 107. The van der Waals surface area contributed by atoms with Crippen LogP contribution in [-0.4, -0.2) is 60.1 Å². The number of hydrogen-bond donors (Lipinski definition) is 0. The van der Waals surface area contributed by atoms with Gasteiger partial charge < -0.3 is 27.8 Å². The molecule has 1 aliphatic heterocycles. The van der Waals surface area contributed by atoms with E-state index in [2.05, 4.69) is 345 Å². The van der Waals surface area contributed by atoms with Crippen molar-refractivity contribution in [2.75, 3.05) is 13.2 Å². The van der Waals surface area contributed by atoms with Crippen LogP contribution in [0.25, 0.3) is 0 Å². The third-order valence-corrected chi connectivity index (χ3v) is 27.5. The summed E-state index contributed by atoms with van der Waals surface area (Å²) in [5.74, 6) is -1.15. The molecule has 11 rings (SSSR count). The molecule has 0 saturated carbocycles. The van der Waals surface area contributed by atoms with E-state index in [1.54, 1.807) is 0 Å². The van der Waals surface area contributed by atoms with E-state index in [9.17, 15) is 0 Å². The fraction of sp³-hybridized carbons (Fsp3) is 0.241. The van der Waals surface area contributed by atoms with E-state index < -0.39 is 68.1 Å². The average molecular weight is 1180 g/mol. The zero-order valence-corrected chi connectivity index (χ0v) is 53.5. The first-order chi connectivity index (χ1) is 42.1. The number of benzene rings is 10.